The molecule has 0 aliphatic heterocycles. The Bertz CT molecular complexity index is 302. The van der Waals surface area contributed by atoms with Crippen LogP contribution in [0, 0.1) is 0 Å². The first kappa shape index (κ1) is 17.2. The third kappa shape index (κ3) is 6.09. The fourth-order valence-electron chi connectivity index (χ4n) is 2.58. The Kier molecular flexibility index (Phi) is 6.76. The molecule has 20 heavy (non-hydrogen) atoms. The Morgan fingerprint density at radius 3 is 2.50 bits per heavy atom. The SMILES string of the molecule is CCC(COC)NC1CCCC1NC(=O)OC(C)(C)C. The number of ether oxygens (including phenoxy) is 2. The molecule has 0 bridgehead atoms. The van der Waals surface area contributed by atoms with Crippen LogP contribution >= 0.6 is 0 Å². The van der Waals surface area contributed by atoms with E-state index in [0.717, 1.165) is 25.7 Å². The summed E-state index contributed by atoms with van der Waals surface area (Å²) in [5.41, 5.74) is -0.451. The molecule has 0 aromatic carbocycles. The second kappa shape index (κ2) is 7.84. The Labute approximate surface area is 122 Å². The number of rotatable bonds is 6. The van der Waals surface area contributed by atoms with Crippen molar-refractivity contribution >= 4 is 6.09 Å². The van der Waals surface area contributed by atoms with Crippen LogP contribution in [-0.2, 0) is 9.47 Å². The molecule has 2 N–H and O–H groups in total. The maximum atomic E-state index is 11.9. The zero-order valence-corrected chi connectivity index (χ0v) is 13.5. The summed E-state index contributed by atoms with van der Waals surface area (Å²) < 4.78 is 10.5. The Morgan fingerprint density at radius 1 is 1.30 bits per heavy atom. The van der Waals surface area contributed by atoms with Gasteiger partial charge in [0, 0.05) is 25.2 Å². The molecule has 0 aromatic rings. The standard InChI is InChI=1S/C15H30N2O3/c1-6-11(10-19-5)16-12-8-7-9-13(12)17-14(18)20-15(2,3)4/h11-13,16H,6-10H2,1-5H3,(H,17,18). The van der Waals surface area contributed by atoms with Gasteiger partial charge in [-0.25, -0.2) is 4.79 Å². The summed E-state index contributed by atoms with van der Waals surface area (Å²) in [5.74, 6) is 0. The number of amides is 1. The minimum atomic E-state index is -0.451. The van der Waals surface area contributed by atoms with Crippen molar-refractivity contribution in [1.29, 1.82) is 0 Å². The highest BCUT2D eigenvalue weighted by Gasteiger charge is 2.31. The second-order valence-electron chi connectivity index (χ2n) is 6.52. The minimum absolute atomic E-state index is 0.149. The van der Waals surface area contributed by atoms with Gasteiger partial charge in [0.1, 0.15) is 5.60 Å². The number of carbonyl (C=O) groups is 1. The number of hydrogen-bond donors (Lipinski definition) is 2. The highest BCUT2D eigenvalue weighted by atomic mass is 16.6. The van der Waals surface area contributed by atoms with E-state index < -0.39 is 5.60 Å². The van der Waals surface area contributed by atoms with Crippen molar-refractivity contribution in [2.24, 2.45) is 0 Å². The van der Waals surface area contributed by atoms with Crippen LogP contribution < -0.4 is 10.6 Å². The van der Waals surface area contributed by atoms with Crippen LogP contribution in [0.25, 0.3) is 0 Å². The Balaban J connectivity index is 2.46. The number of carbonyl (C=O) groups excluding carboxylic acids is 1. The first-order valence-corrected chi connectivity index (χ1v) is 7.60. The van der Waals surface area contributed by atoms with Gasteiger partial charge in [0.2, 0.25) is 0 Å². The van der Waals surface area contributed by atoms with E-state index in [0.29, 0.717) is 18.7 Å². The zero-order valence-electron chi connectivity index (χ0n) is 13.5. The van der Waals surface area contributed by atoms with Crippen LogP contribution in [0.1, 0.15) is 53.4 Å². The van der Waals surface area contributed by atoms with Crippen molar-refractivity contribution in [3.05, 3.63) is 0 Å². The maximum Gasteiger partial charge on any atom is 0.407 e. The molecule has 5 heteroatoms. The summed E-state index contributed by atoms with van der Waals surface area (Å²) in [6.45, 7) is 8.47. The summed E-state index contributed by atoms with van der Waals surface area (Å²) in [6.07, 6.45) is 3.91. The quantitative estimate of drug-likeness (QED) is 0.787. The fraction of sp³-hybridized carbons (Fsp3) is 0.933. The summed E-state index contributed by atoms with van der Waals surface area (Å²) in [5, 5.41) is 6.58. The van der Waals surface area contributed by atoms with E-state index in [-0.39, 0.29) is 12.1 Å². The van der Waals surface area contributed by atoms with E-state index in [9.17, 15) is 4.79 Å². The van der Waals surface area contributed by atoms with Crippen LogP contribution in [0.3, 0.4) is 0 Å². The van der Waals surface area contributed by atoms with Crippen molar-refractivity contribution in [1.82, 2.24) is 10.6 Å². The second-order valence-corrected chi connectivity index (χ2v) is 6.52. The third-order valence-corrected chi connectivity index (χ3v) is 3.53. The highest BCUT2D eigenvalue weighted by molar-refractivity contribution is 5.68. The largest absolute Gasteiger partial charge is 0.444 e. The molecule has 0 spiro atoms. The summed E-state index contributed by atoms with van der Waals surface area (Å²) in [4.78, 5) is 11.9. The average Bonchev–Trinajstić information content (AvgIpc) is 2.73. The van der Waals surface area contributed by atoms with Gasteiger partial charge in [0.05, 0.1) is 6.61 Å². The van der Waals surface area contributed by atoms with Gasteiger partial charge in [-0.15, -0.1) is 0 Å². The van der Waals surface area contributed by atoms with Crippen molar-refractivity contribution in [3.8, 4) is 0 Å². The predicted molar refractivity (Wildman–Crippen MR) is 79.9 cm³/mol. The molecule has 1 saturated carbocycles. The lowest BCUT2D eigenvalue weighted by Crippen LogP contribution is -2.51. The lowest BCUT2D eigenvalue weighted by molar-refractivity contribution is 0.0494. The predicted octanol–water partition coefficient (Wildman–Crippen LogP) is 2.45. The van der Waals surface area contributed by atoms with E-state index in [2.05, 4.69) is 17.6 Å². The molecule has 1 amide bonds. The molecule has 118 valence electrons. The molecule has 0 saturated heterocycles. The van der Waals surface area contributed by atoms with Gasteiger partial charge in [-0.05, 0) is 46.5 Å². The molecule has 0 aromatic heterocycles. The van der Waals surface area contributed by atoms with Gasteiger partial charge >= 0.3 is 6.09 Å². The summed E-state index contributed by atoms with van der Waals surface area (Å²) in [7, 11) is 1.72. The van der Waals surface area contributed by atoms with E-state index in [1.807, 2.05) is 20.8 Å². The van der Waals surface area contributed by atoms with Gasteiger partial charge in [-0.3, -0.25) is 0 Å². The fourth-order valence-corrected chi connectivity index (χ4v) is 2.58. The zero-order chi connectivity index (χ0) is 15.2. The smallest absolute Gasteiger partial charge is 0.407 e. The molecule has 0 heterocycles. The minimum Gasteiger partial charge on any atom is -0.444 e. The van der Waals surface area contributed by atoms with E-state index >= 15 is 0 Å². The normalized spacial score (nSPS) is 24.4. The lowest BCUT2D eigenvalue weighted by Gasteiger charge is -2.28. The van der Waals surface area contributed by atoms with Gasteiger partial charge in [0.25, 0.3) is 0 Å². The monoisotopic (exact) mass is 286 g/mol. The maximum absolute atomic E-state index is 11.9. The molecule has 3 atom stereocenters. The molecule has 5 nitrogen and oxygen atoms in total. The van der Waals surface area contributed by atoms with Gasteiger partial charge in [0.15, 0.2) is 0 Å². The Morgan fingerprint density at radius 2 is 1.95 bits per heavy atom. The number of hydrogen-bond acceptors (Lipinski definition) is 4. The number of alkyl carbamates (subject to hydrolysis) is 1. The first-order valence-electron chi connectivity index (χ1n) is 7.60. The first-order chi connectivity index (χ1) is 9.35. The van der Waals surface area contributed by atoms with Crippen LogP contribution in [0.5, 0.6) is 0 Å². The van der Waals surface area contributed by atoms with E-state index in [1.54, 1.807) is 7.11 Å². The average molecular weight is 286 g/mol. The molecule has 1 fully saturated rings. The van der Waals surface area contributed by atoms with Crippen molar-refractivity contribution in [3.63, 3.8) is 0 Å². The molecule has 1 aliphatic rings. The van der Waals surface area contributed by atoms with Gasteiger partial charge < -0.3 is 20.1 Å². The molecular weight excluding hydrogens is 256 g/mol. The Hall–Kier alpha value is -0.810. The van der Waals surface area contributed by atoms with Crippen molar-refractivity contribution < 1.29 is 14.3 Å². The molecular formula is C15H30N2O3. The number of methoxy groups -OCH3 is 1. The highest BCUT2D eigenvalue weighted by Crippen LogP contribution is 2.20. The molecule has 0 radical (unpaired) electrons. The van der Waals surface area contributed by atoms with Gasteiger partial charge in [-0.1, -0.05) is 6.92 Å². The summed E-state index contributed by atoms with van der Waals surface area (Å²) >= 11 is 0. The van der Waals surface area contributed by atoms with Crippen LogP contribution in [0.2, 0.25) is 0 Å². The van der Waals surface area contributed by atoms with Crippen molar-refractivity contribution in [2.75, 3.05) is 13.7 Å². The van der Waals surface area contributed by atoms with Crippen LogP contribution in [-0.4, -0.2) is 43.5 Å². The van der Waals surface area contributed by atoms with Crippen LogP contribution in [0.4, 0.5) is 4.79 Å². The van der Waals surface area contributed by atoms with E-state index in [1.165, 1.54) is 0 Å². The van der Waals surface area contributed by atoms with Crippen molar-refractivity contribution in [2.45, 2.75) is 77.1 Å². The van der Waals surface area contributed by atoms with Gasteiger partial charge in [-0.2, -0.15) is 0 Å². The van der Waals surface area contributed by atoms with Crippen LogP contribution in [0.15, 0.2) is 0 Å². The number of nitrogens with one attached hydrogen (secondary N) is 2. The molecule has 1 rings (SSSR count). The third-order valence-electron chi connectivity index (χ3n) is 3.53. The molecule has 3 unspecified atom stereocenters. The lowest BCUT2D eigenvalue weighted by atomic mass is 10.1. The summed E-state index contributed by atoms with van der Waals surface area (Å²) in [6, 6.07) is 0.796. The molecule has 1 aliphatic carbocycles. The van der Waals surface area contributed by atoms with E-state index in [4.69, 9.17) is 9.47 Å². The topological polar surface area (TPSA) is 59.6 Å².